The largest absolute Gasteiger partial charge is 0.479 e. The molecule has 0 radical (unpaired) electrons. The van der Waals surface area contributed by atoms with Crippen molar-refractivity contribution < 1.29 is 32.3 Å². The van der Waals surface area contributed by atoms with Crippen molar-refractivity contribution in [3.8, 4) is 0 Å². The van der Waals surface area contributed by atoms with Crippen LogP contribution >= 0.6 is 0 Å². The number of hydrogen-bond donors (Lipinski definition) is 2. The zero-order valence-corrected chi connectivity index (χ0v) is 25.5. The number of sulfone groups is 1. The zero-order valence-electron chi connectivity index (χ0n) is 24.7. The van der Waals surface area contributed by atoms with E-state index in [9.17, 15) is 14.7 Å². The topological polar surface area (TPSA) is 126 Å². The normalized spacial score (nSPS) is 24.1. The molecule has 1 amide bonds. The fourth-order valence-electron chi connectivity index (χ4n) is 6.17. The van der Waals surface area contributed by atoms with Crippen LogP contribution in [0.5, 0.6) is 0 Å². The van der Waals surface area contributed by atoms with Gasteiger partial charge in [0.05, 0.1) is 0 Å². The molecule has 0 saturated carbocycles. The molecule has 1 aliphatic heterocycles. The first-order valence-electron chi connectivity index (χ1n) is 14.4. The van der Waals surface area contributed by atoms with Gasteiger partial charge in [0.25, 0.3) is 4.87 Å². The van der Waals surface area contributed by atoms with Gasteiger partial charge in [-0.1, -0.05) is 91.0 Å². The van der Waals surface area contributed by atoms with E-state index in [0.717, 1.165) is 15.8 Å². The molecule has 1 aliphatic carbocycles. The molecule has 6 rings (SSSR count). The highest BCUT2D eigenvalue weighted by Gasteiger charge is 2.66. The number of rotatable bonds is 5. The van der Waals surface area contributed by atoms with E-state index in [4.69, 9.17) is 9.15 Å². The van der Waals surface area contributed by atoms with Crippen LogP contribution in [-0.2, 0) is 24.1 Å². The molecule has 1 aromatic heterocycles. The number of aliphatic carboxylic acids is 1. The van der Waals surface area contributed by atoms with Gasteiger partial charge in [0.1, 0.15) is 21.5 Å². The minimum absolute atomic E-state index is 0.189. The second kappa shape index (κ2) is 10.6. The van der Waals surface area contributed by atoms with Crippen LogP contribution in [0.1, 0.15) is 37.8 Å². The van der Waals surface area contributed by atoms with Gasteiger partial charge in [-0.3, -0.25) is 4.90 Å². The maximum Gasteiger partial charge on any atom is 0.412 e. The second-order valence-electron chi connectivity index (χ2n) is 12.1. The lowest BCUT2D eigenvalue weighted by atomic mass is 9.86. The van der Waals surface area contributed by atoms with Crippen molar-refractivity contribution in [3.63, 3.8) is 0 Å². The highest BCUT2D eigenvalue weighted by molar-refractivity contribution is 7.94. The summed E-state index contributed by atoms with van der Waals surface area (Å²) in [4.78, 5) is 25.1. The third kappa shape index (κ3) is 4.51. The number of amides is 1. The van der Waals surface area contributed by atoms with Gasteiger partial charge in [0.15, 0.2) is 0 Å². The first-order valence-corrected chi connectivity index (χ1v) is 15.9. The van der Waals surface area contributed by atoms with Gasteiger partial charge in [0.2, 0.25) is 9.84 Å². The van der Waals surface area contributed by atoms with E-state index in [1.54, 1.807) is 51.1 Å². The first-order chi connectivity index (χ1) is 20.9. The molecule has 2 N–H and O–H groups in total. The SMILES string of the molecule is CC(C)(C)OC(=O)N1CCNCC1(C(=O)O)S(=O)(=O)C1(c2cccc3c2oc2ccccc23)C=CC(c2ccccc2)C=C1. The Morgan fingerprint density at radius 1 is 0.955 bits per heavy atom. The van der Waals surface area contributed by atoms with E-state index in [0.29, 0.717) is 16.6 Å². The molecular formula is C34H34N2O7S. The minimum Gasteiger partial charge on any atom is -0.479 e. The summed E-state index contributed by atoms with van der Waals surface area (Å²) in [5.74, 6) is -1.94. The lowest BCUT2D eigenvalue weighted by molar-refractivity contribution is -0.146. The number of nitrogens with zero attached hydrogens (tertiary/aromatic N) is 1. The summed E-state index contributed by atoms with van der Waals surface area (Å²) >= 11 is 0. The van der Waals surface area contributed by atoms with Gasteiger partial charge < -0.3 is 19.6 Å². The van der Waals surface area contributed by atoms with Crippen LogP contribution in [0.2, 0.25) is 0 Å². The second-order valence-corrected chi connectivity index (χ2v) is 14.5. The Morgan fingerprint density at radius 2 is 1.61 bits per heavy atom. The Balaban J connectivity index is 1.62. The molecule has 44 heavy (non-hydrogen) atoms. The number of hydrogen-bond acceptors (Lipinski definition) is 7. The summed E-state index contributed by atoms with van der Waals surface area (Å²) in [6.45, 7) is 4.40. The van der Waals surface area contributed by atoms with Crippen molar-refractivity contribution in [3.05, 3.63) is 108 Å². The Bertz CT molecular complexity index is 1910. The van der Waals surface area contributed by atoms with E-state index in [1.165, 1.54) is 12.2 Å². The van der Waals surface area contributed by atoms with Crippen molar-refractivity contribution in [2.75, 3.05) is 19.6 Å². The van der Waals surface area contributed by atoms with E-state index >= 15 is 8.42 Å². The van der Waals surface area contributed by atoms with Crippen molar-refractivity contribution in [1.29, 1.82) is 0 Å². The molecule has 1 atom stereocenters. The molecule has 2 aliphatic rings. The van der Waals surface area contributed by atoms with Gasteiger partial charge in [0, 0.05) is 41.9 Å². The lowest BCUT2D eigenvalue weighted by Crippen LogP contribution is -2.73. The number of piperazine rings is 1. The summed E-state index contributed by atoms with van der Waals surface area (Å²) in [5.41, 5.74) is 1.09. The minimum atomic E-state index is -4.92. The maximum atomic E-state index is 15.4. The van der Waals surface area contributed by atoms with Gasteiger partial charge in [-0.2, -0.15) is 0 Å². The molecule has 1 fully saturated rings. The molecule has 2 heterocycles. The number of para-hydroxylation sites is 2. The Morgan fingerprint density at radius 3 is 2.30 bits per heavy atom. The third-order valence-corrected chi connectivity index (χ3v) is 11.1. The summed E-state index contributed by atoms with van der Waals surface area (Å²) in [7, 11) is -4.92. The molecule has 1 saturated heterocycles. The summed E-state index contributed by atoms with van der Waals surface area (Å²) in [5, 5.41) is 15.3. The predicted molar refractivity (Wildman–Crippen MR) is 168 cm³/mol. The molecule has 0 bridgehead atoms. The van der Waals surface area contributed by atoms with Crippen molar-refractivity contribution >= 4 is 43.8 Å². The van der Waals surface area contributed by atoms with E-state index in [1.807, 2.05) is 54.6 Å². The molecule has 4 aromatic rings. The Hall–Kier alpha value is -4.41. The molecular weight excluding hydrogens is 580 g/mol. The van der Waals surface area contributed by atoms with Crippen LogP contribution in [0.15, 0.2) is 102 Å². The standard InChI is InChI=1S/C34H34N2O7S/c1-32(2,3)43-31(39)36-21-20-35-22-34(36,30(37)38)44(40,41)33(18-16-24(17-19-33)23-10-5-4-6-11-23)27-14-9-13-26-25-12-7-8-15-28(25)42-29(26)27/h4-19,24,35H,20-22H2,1-3H3,(H,37,38). The fraction of sp³-hybridized carbons (Fsp3) is 0.294. The number of benzene rings is 3. The smallest absolute Gasteiger partial charge is 0.412 e. The fourth-order valence-corrected chi connectivity index (χ4v) is 8.68. The number of nitrogens with one attached hydrogen (secondary N) is 1. The number of carboxylic acids is 1. The van der Waals surface area contributed by atoms with Crippen molar-refractivity contribution in [2.45, 2.75) is 41.9 Å². The highest BCUT2D eigenvalue weighted by atomic mass is 32.2. The first kappa shape index (κ1) is 29.7. The van der Waals surface area contributed by atoms with Crippen LogP contribution in [0, 0.1) is 0 Å². The number of carboxylic acid groups (broad SMARTS) is 1. The van der Waals surface area contributed by atoms with E-state index < -0.39 is 43.7 Å². The predicted octanol–water partition coefficient (Wildman–Crippen LogP) is 5.73. The molecule has 3 aromatic carbocycles. The highest BCUT2D eigenvalue weighted by Crippen LogP contribution is 2.49. The van der Waals surface area contributed by atoms with Crippen LogP contribution in [0.3, 0.4) is 0 Å². The number of carbonyl (C=O) groups excluding carboxylic acids is 1. The zero-order chi connectivity index (χ0) is 31.3. The summed E-state index contributed by atoms with van der Waals surface area (Å²) in [6, 6.07) is 22.2. The molecule has 9 nitrogen and oxygen atoms in total. The van der Waals surface area contributed by atoms with Crippen LogP contribution in [-0.4, -0.2) is 60.6 Å². The average Bonchev–Trinajstić information content (AvgIpc) is 3.39. The van der Waals surface area contributed by atoms with Crippen molar-refractivity contribution in [1.82, 2.24) is 10.2 Å². The quantitative estimate of drug-likeness (QED) is 0.273. The van der Waals surface area contributed by atoms with Crippen molar-refractivity contribution in [2.24, 2.45) is 0 Å². The Labute approximate surface area is 255 Å². The molecule has 228 valence electrons. The number of allylic oxidation sites excluding steroid dienone is 2. The number of furan rings is 1. The van der Waals surface area contributed by atoms with E-state index in [-0.39, 0.29) is 24.6 Å². The summed E-state index contributed by atoms with van der Waals surface area (Å²) in [6.07, 6.45) is 5.58. The van der Waals surface area contributed by atoms with Crippen LogP contribution in [0.4, 0.5) is 4.79 Å². The van der Waals surface area contributed by atoms with Gasteiger partial charge in [-0.05, 0) is 32.4 Å². The lowest BCUT2D eigenvalue weighted by Gasteiger charge is -2.47. The number of carbonyl (C=O) groups is 2. The van der Waals surface area contributed by atoms with Gasteiger partial charge in [-0.25, -0.2) is 18.0 Å². The molecule has 10 heteroatoms. The van der Waals surface area contributed by atoms with E-state index in [2.05, 4.69) is 5.32 Å². The average molecular weight is 615 g/mol. The molecule has 1 unspecified atom stereocenters. The number of ether oxygens (including phenoxy) is 1. The van der Waals surface area contributed by atoms with Crippen LogP contribution < -0.4 is 5.32 Å². The third-order valence-electron chi connectivity index (χ3n) is 8.26. The molecule has 0 spiro atoms. The Kier molecular flexibility index (Phi) is 7.17. The summed E-state index contributed by atoms with van der Waals surface area (Å²) < 4.78 is 40.6. The van der Waals surface area contributed by atoms with Gasteiger partial charge >= 0.3 is 12.1 Å². The van der Waals surface area contributed by atoms with Gasteiger partial charge in [-0.15, -0.1) is 0 Å². The maximum absolute atomic E-state index is 15.4. The number of fused-ring (bicyclic) bond motifs is 3. The monoisotopic (exact) mass is 614 g/mol. The van der Waals surface area contributed by atoms with Crippen LogP contribution in [0.25, 0.3) is 21.9 Å².